The van der Waals surface area contributed by atoms with E-state index < -0.39 is 0 Å². The Morgan fingerprint density at radius 2 is 1.44 bits per heavy atom. The Bertz CT molecular complexity index is 498. The van der Waals surface area contributed by atoms with Crippen LogP contribution in [0.3, 0.4) is 0 Å². The fourth-order valence-corrected chi connectivity index (χ4v) is 1.60. The first-order chi connectivity index (χ1) is 7.42. The summed E-state index contributed by atoms with van der Waals surface area (Å²) in [7, 11) is 0. The topological polar surface area (TPSA) is 0 Å². The molecule has 0 saturated heterocycles. The van der Waals surface area contributed by atoms with Crippen LogP contribution in [0.5, 0.6) is 0 Å². The van der Waals surface area contributed by atoms with Gasteiger partial charge in [-0.2, -0.15) is 0 Å². The minimum absolute atomic E-state index is 0. The average molecular weight is 208 g/mol. The zero-order valence-electron chi connectivity index (χ0n) is 8.70. The molecule has 16 heavy (non-hydrogen) atoms. The summed E-state index contributed by atoms with van der Waals surface area (Å²) < 4.78 is 0. The lowest BCUT2D eigenvalue weighted by atomic mass is 10.0. The predicted molar refractivity (Wildman–Crippen MR) is 71.2 cm³/mol. The fourth-order valence-electron chi connectivity index (χ4n) is 1.60. The molecule has 0 amide bonds. The van der Waals surface area contributed by atoms with Crippen molar-refractivity contribution in [2.45, 2.75) is 14.4 Å². The molecule has 0 N–H and O–H groups in total. The van der Waals surface area contributed by atoms with E-state index >= 15 is 0 Å². The summed E-state index contributed by atoms with van der Waals surface area (Å²) in [5.41, 5.74) is 3.51. The highest BCUT2D eigenvalue weighted by atomic mass is 14.0. The molecule has 0 heteroatoms. The summed E-state index contributed by atoms with van der Waals surface area (Å²) in [6.07, 6.45) is 0. The predicted octanol–water partition coefficient (Wildman–Crippen LogP) is 4.36. The third kappa shape index (κ3) is 2.52. The van der Waals surface area contributed by atoms with Gasteiger partial charge in [-0.05, 0) is 24.1 Å². The molecule has 0 atom stereocenters. The molecular formula is C16H16. The smallest absolute Gasteiger partial charge is 0.0323 e. The van der Waals surface area contributed by atoms with Crippen LogP contribution in [0.15, 0.2) is 54.6 Å². The highest BCUT2D eigenvalue weighted by molar-refractivity contribution is 5.70. The maximum atomic E-state index is 3.12. The monoisotopic (exact) mass is 208 g/mol. The van der Waals surface area contributed by atoms with Gasteiger partial charge in [0, 0.05) is 5.56 Å². The number of rotatable bonds is 1. The second-order valence-electron chi connectivity index (χ2n) is 3.29. The third-order valence-electron chi connectivity index (χ3n) is 2.27. The van der Waals surface area contributed by atoms with E-state index in [0.29, 0.717) is 0 Å². The normalized spacial score (nSPS) is 8.56. The van der Waals surface area contributed by atoms with Gasteiger partial charge in [-0.15, -0.1) is 5.92 Å². The van der Waals surface area contributed by atoms with Crippen LogP contribution in [0.25, 0.3) is 11.1 Å². The summed E-state index contributed by atoms with van der Waals surface area (Å²) in [6.45, 7) is 1.86. The molecule has 80 valence electrons. The minimum atomic E-state index is 0. The number of hydrogen-bond donors (Lipinski definition) is 0. The lowest BCUT2D eigenvalue weighted by Gasteiger charge is -2.03. The molecule has 0 aromatic heterocycles. The molecule has 0 unspecified atom stereocenters. The maximum Gasteiger partial charge on any atom is 0.0323 e. The van der Waals surface area contributed by atoms with Gasteiger partial charge in [-0.25, -0.2) is 0 Å². The molecule has 0 bridgehead atoms. The van der Waals surface area contributed by atoms with E-state index in [-0.39, 0.29) is 7.43 Å². The Hall–Kier alpha value is -2.00. The summed E-state index contributed by atoms with van der Waals surface area (Å²) >= 11 is 0. The van der Waals surface area contributed by atoms with Gasteiger partial charge in [0.15, 0.2) is 0 Å². The van der Waals surface area contributed by atoms with Gasteiger partial charge in [0.25, 0.3) is 0 Å². The van der Waals surface area contributed by atoms with Gasteiger partial charge in [0.2, 0.25) is 0 Å². The number of benzene rings is 2. The van der Waals surface area contributed by atoms with Gasteiger partial charge in [-0.1, -0.05) is 61.9 Å². The van der Waals surface area contributed by atoms with Gasteiger partial charge in [0.1, 0.15) is 0 Å². The molecule has 0 radical (unpaired) electrons. The molecule has 0 aliphatic heterocycles. The van der Waals surface area contributed by atoms with Crippen LogP contribution >= 0.6 is 0 Å². The lowest BCUT2D eigenvalue weighted by Crippen LogP contribution is -1.82. The van der Waals surface area contributed by atoms with Gasteiger partial charge < -0.3 is 0 Å². The second-order valence-corrected chi connectivity index (χ2v) is 3.29. The van der Waals surface area contributed by atoms with Gasteiger partial charge in [0.05, 0.1) is 0 Å². The molecule has 0 fully saturated rings. The summed E-state index contributed by atoms with van der Waals surface area (Å²) in [5, 5.41) is 0. The van der Waals surface area contributed by atoms with E-state index in [1.54, 1.807) is 0 Å². The van der Waals surface area contributed by atoms with Gasteiger partial charge in [-0.3, -0.25) is 0 Å². The van der Waals surface area contributed by atoms with Crippen molar-refractivity contribution in [3.05, 3.63) is 60.2 Å². The fraction of sp³-hybridized carbons (Fsp3) is 0.125. The maximum absolute atomic E-state index is 3.12. The molecule has 2 rings (SSSR count). The van der Waals surface area contributed by atoms with E-state index in [1.165, 1.54) is 11.1 Å². The van der Waals surface area contributed by atoms with E-state index in [2.05, 4.69) is 36.1 Å². The van der Waals surface area contributed by atoms with Crippen molar-refractivity contribution in [1.29, 1.82) is 0 Å². The Labute approximate surface area is 98.0 Å². The van der Waals surface area contributed by atoms with Crippen LogP contribution in [0.1, 0.15) is 19.9 Å². The van der Waals surface area contributed by atoms with E-state index in [1.807, 2.05) is 37.3 Å². The Morgan fingerprint density at radius 1 is 0.812 bits per heavy atom. The van der Waals surface area contributed by atoms with Crippen LogP contribution < -0.4 is 0 Å². The third-order valence-corrected chi connectivity index (χ3v) is 2.27. The van der Waals surface area contributed by atoms with Crippen LogP contribution in [0.2, 0.25) is 0 Å². The molecule has 0 aliphatic carbocycles. The minimum Gasteiger partial charge on any atom is -0.101 e. The molecule has 2 aromatic rings. The lowest BCUT2D eigenvalue weighted by molar-refractivity contribution is 1.58. The summed E-state index contributed by atoms with van der Waals surface area (Å²) in [6, 6.07) is 18.6. The zero-order valence-corrected chi connectivity index (χ0v) is 8.70. The quantitative estimate of drug-likeness (QED) is 0.611. The van der Waals surface area contributed by atoms with Crippen LogP contribution in [0, 0.1) is 11.8 Å². The first-order valence-corrected chi connectivity index (χ1v) is 4.99. The SMILES string of the molecule is C.CC#Cc1ccccc1-c1ccccc1. The molecule has 0 spiro atoms. The van der Waals surface area contributed by atoms with Gasteiger partial charge >= 0.3 is 0 Å². The van der Waals surface area contributed by atoms with Crippen molar-refractivity contribution in [2.24, 2.45) is 0 Å². The van der Waals surface area contributed by atoms with Crippen molar-refractivity contribution in [2.75, 3.05) is 0 Å². The summed E-state index contributed by atoms with van der Waals surface area (Å²) in [4.78, 5) is 0. The Morgan fingerprint density at radius 3 is 2.12 bits per heavy atom. The highest BCUT2D eigenvalue weighted by Gasteiger charge is 2.00. The van der Waals surface area contributed by atoms with Crippen molar-refractivity contribution < 1.29 is 0 Å². The van der Waals surface area contributed by atoms with Crippen molar-refractivity contribution in [3.63, 3.8) is 0 Å². The number of hydrogen-bond acceptors (Lipinski definition) is 0. The average Bonchev–Trinajstić information content (AvgIpc) is 2.31. The molecule has 2 aromatic carbocycles. The van der Waals surface area contributed by atoms with Crippen LogP contribution in [0.4, 0.5) is 0 Å². The Kier molecular flexibility index (Phi) is 4.36. The molecule has 0 saturated carbocycles. The van der Waals surface area contributed by atoms with Crippen LogP contribution in [-0.4, -0.2) is 0 Å². The largest absolute Gasteiger partial charge is 0.101 e. The zero-order chi connectivity index (χ0) is 10.5. The second kappa shape index (κ2) is 5.78. The first-order valence-electron chi connectivity index (χ1n) is 4.99. The van der Waals surface area contributed by atoms with E-state index in [9.17, 15) is 0 Å². The van der Waals surface area contributed by atoms with E-state index in [0.717, 1.165) is 5.56 Å². The highest BCUT2D eigenvalue weighted by Crippen LogP contribution is 2.22. The molecule has 0 heterocycles. The standard InChI is InChI=1S/C15H12.CH4/c1-2-8-13-11-6-7-12-15(13)14-9-4-3-5-10-14;/h3-7,9-12H,1H3;1H4. The van der Waals surface area contributed by atoms with Crippen molar-refractivity contribution in [1.82, 2.24) is 0 Å². The van der Waals surface area contributed by atoms with Crippen molar-refractivity contribution in [3.8, 4) is 23.0 Å². The summed E-state index contributed by atoms with van der Waals surface area (Å²) in [5.74, 6) is 6.07. The van der Waals surface area contributed by atoms with E-state index in [4.69, 9.17) is 0 Å². The Balaban J connectivity index is 0.00000128. The molecular weight excluding hydrogens is 192 g/mol. The molecule has 0 nitrogen and oxygen atoms in total. The molecule has 0 aliphatic rings. The van der Waals surface area contributed by atoms with Crippen molar-refractivity contribution >= 4 is 0 Å². The first kappa shape index (κ1) is 12.1. The van der Waals surface area contributed by atoms with Crippen LogP contribution in [-0.2, 0) is 0 Å².